The summed E-state index contributed by atoms with van der Waals surface area (Å²) in [4.78, 5) is 14.1. The van der Waals surface area contributed by atoms with Crippen LogP contribution >= 0.6 is 0 Å². The van der Waals surface area contributed by atoms with Gasteiger partial charge in [0.15, 0.2) is 0 Å². The van der Waals surface area contributed by atoms with E-state index in [9.17, 15) is 9.18 Å². The first kappa shape index (κ1) is 13.6. The Morgan fingerprint density at radius 2 is 2.00 bits per heavy atom. The first-order chi connectivity index (χ1) is 9.65. The van der Waals surface area contributed by atoms with Crippen LogP contribution in [-0.4, -0.2) is 23.4 Å². The largest absolute Gasteiger partial charge is 0.322 e. The fourth-order valence-corrected chi connectivity index (χ4v) is 2.89. The monoisotopic (exact) mass is 276 g/mol. The van der Waals surface area contributed by atoms with Gasteiger partial charge in [0.25, 0.3) is 0 Å². The summed E-state index contributed by atoms with van der Waals surface area (Å²) in [6, 6.07) is 6.25. The maximum Gasteiger partial charge on any atom is 0.241 e. The molecule has 20 heavy (non-hydrogen) atoms. The van der Waals surface area contributed by atoms with E-state index in [-0.39, 0.29) is 23.9 Å². The standard InChI is InChI=1S/C16H21FN2O/c1-11-16(20)19(10-2-3-12-4-5-12)15(18-11)13-6-8-14(17)9-7-13/h6-9,11-12,15,18H,2-5,10H2,1H3. The van der Waals surface area contributed by atoms with Gasteiger partial charge in [0, 0.05) is 6.54 Å². The lowest BCUT2D eigenvalue weighted by Crippen LogP contribution is -2.31. The predicted octanol–water partition coefficient (Wildman–Crippen LogP) is 2.83. The van der Waals surface area contributed by atoms with E-state index < -0.39 is 0 Å². The fraction of sp³-hybridized carbons (Fsp3) is 0.562. The molecule has 1 aliphatic carbocycles. The molecule has 0 aromatic heterocycles. The molecule has 0 radical (unpaired) electrons. The van der Waals surface area contributed by atoms with Crippen LogP contribution in [0.25, 0.3) is 0 Å². The maximum absolute atomic E-state index is 13.0. The van der Waals surface area contributed by atoms with Crippen molar-refractivity contribution >= 4 is 5.91 Å². The van der Waals surface area contributed by atoms with E-state index in [0.29, 0.717) is 0 Å². The smallest absolute Gasteiger partial charge is 0.241 e. The third kappa shape index (κ3) is 2.85. The Balaban J connectivity index is 1.69. The second kappa shape index (κ2) is 5.52. The van der Waals surface area contributed by atoms with E-state index in [0.717, 1.165) is 24.4 Å². The highest BCUT2D eigenvalue weighted by Gasteiger charge is 2.36. The molecule has 2 aliphatic rings. The summed E-state index contributed by atoms with van der Waals surface area (Å²) in [5.41, 5.74) is 0.954. The Morgan fingerprint density at radius 1 is 1.30 bits per heavy atom. The fourth-order valence-electron chi connectivity index (χ4n) is 2.89. The summed E-state index contributed by atoms with van der Waals surface area (Å²) in [6.07, 6.45) is 4.86. The number of carbonyl (C=O) groups is 1. The lowest BCUT2D eigenvalue weighted by atomic mass is 10.1. The van der Waals surface area contributed by atoms with Crippen molar-refractivity contribution in [3.05, 3.63) is 35.6 Å². The minimum absolute atomic E-state index is 0.114. The Bertz CT molecular complexity index is 484. The molecule has 2 unspecified atom stereocenters. The zero-order chi connectivity index (χ0) is 14.1. The van der Waals surface area contributed by atoms with Crippen molar-refractivity contribution in [2.75, 3.05) is 6.54 Å². The molecule has 3 rings (SSSR count). The van der Waals surface area contributed by atoms with Gasteiger partial charge in [0.1, 0.15) is 12.0 Å². The topological polar surface area (TPSA) is 32.3 Å². The third-order valence-corrected chi connectivity index (χ3v) is 4.27. The molecule has 1 heterocycles. The minimum atomic E-state index is -0.244. The van der Waals surface area contributed by atoms with Crippen molar-refractivity contribution in [1.82, 2.24) is 10.2 Å². The first-order valence-electron chi connectivity index (χ1n) is 7.47. The second-order valence-corrected chi connectivity index (χ2v) is 5.96. The highest BCUT2D eigenvalue weighted by atomic mass is 19.1. The lowest BCUT2D eigenvalue weighted by molar-refractivity contribution is -0.129. The van der Waals surface area contributed by atoms with Gasteiger partial charge in [-0.2, -0.15) is 0 Å². The number of rotatable bonds is 5. The number of hydrogen-bond donors (Lipinski definition) is 1. The number of carbonyl (C=O) groups excluding carboxylic acids is 1. The van der Waals surface area contributed by atoms with E-state index >= 15 is 0 Å². The van der Waals surface area contributed by atoms with Gasteiger partial charge in [-0.25, -0.2) is 4.39 Å². The number of hydrogen-bond acceptors (Lipinski definition) is 2. The molecule has 2 fully saturated rings. The van der Waals surface area contributed by atoms with Crippen LogP contribution in [-0.2, 0) is 4.79 Å². The van der Waals surface area contributed by atoms with Gasteiger partial charge in [-0.05, 0) is 43.4 Å². The van der Waals surface area contributed by atoms with E-state index in [1.54, 1.807) is 12.1 Å². The van der Waals surface area contributed by atoms with Crippen molar-refractivity contribution in [3.8, 4) is 0 Å². The maximum atomic E-state index is 13.0. The summed E-state index contributed by atoms with van der Waals surface area (Å²) in [5, 5.41) is 3.30. The van der Waals surface area contributed by atoms with Gasteiger partial charge in [0.05, 0.1) is 6.04 Å². The molecule has 1 aromatic rings. The first-order valence-corrected chi connectivity index (χ1v) is 7.47. The molecule has 1 N–H and O–H groups in total. The Hall–Kier alpha value is -1.42. The SMILES string of the molecule is CC1NC(c2ccc(F)cc2)N(CCCC2CC2)C1=O. The quantitative estimate of drug-likeness (QED) is 0.897. The van der Waals surface area contributed by atoms with Crippen molar-refractivity contribution < 1.29 is 9.18 Å². The van der Waals surface area contributed by atoms with Crippen molar-refractivity contribution in [2.24, 2.45) is 5.92 Å². The molecule has 3 nitrogen and oxygen atoms in total. The number of nitrogens with one attached hydrogen (secondary N) is 1. The molecule has 1 saturated carbocycles. The molecule has 0 spiro atoms. The normalized spacial score (nSPS) is 26.3. The Kier molecular flexibility index (Phi) is 3.74. The average Bonchev–Trinajstić information content (AvgIpc) is 3.21. The number of nitrogens with zero attached hydrogens (tertiary/aromatic N) is 1. The van der Waals surface area contributed by atoms with Crippen molar-refractivity contribution in [2.45, 2.75) is 44.8 Å². The van der Waals surface area contributed by atoms with Crippen molar-refractivity contribution in [1.29, 1.82) is 0 Å². The Morgan fingerprint density at radius 3 is 2.65 bits per heavy atom. The van der Waals surface area contributed by atoms with E-state index in [1.807, 2.05) is 11.8 Å². The van der Waals surface area contributed by atoms with E-state index in [4.69, 9.17) is 0 Å². The van der Waals surface area contributed by atoms with Crippen molar-refractivity contribution in [3.63, 3.8) is 0 Å². The lowest BCUT2D eigenvalue weighted by Gasteiger charge is -2.24. The molecule has 0 bridgehead atoms. The molecular formula is C16H21FN2O. The molecule has 4 heteroatoms. The van der Waals surface area contributed by atoms with Gasteiger partial charge >= 0.3 is 0 Å². The van der Waals surface area contributed by atoms with Crippen LogP contribution in [0.2, 0.25) is 0 Å². The number of benzene rings is 1. The van der Waals surface area contributed by atoms with Crippen LogP contribution in [0.1, 0.15) is 44.3 Å². The summed E-state index contributed by atoms with van der Waals surface area (Å²) < 4.78 is 13.0. The average molecular weight is 276 g/mol. The van der Waals surface area contributed by atoms with Crippen LogP contribution in [0.15, 0.2) is 24.3 Å². The second-order valence-electron chi connectivity index (χ2n) is 5.96. The summed E-state index contributed by atoms with van der Waals surface area (Å²) in [7, 11) is 0. The Labute approximate surface area is 119 Å². The molecule has 1 aliphatic heterocycles. The zero-order valence-corrected chi connectivity index (χ0v) is 11.8. The van der Waals surface area contributed by atoms with Crippen LogP contribution in [0.5, 0.6) is 0 Å². The van der Waals surface area contributed by atoms with Crippen LogP contribution in [0.3, 0.4) is 0 Å². The highest BCUT2D eigenvalue weighted by molar-refractivity contribution is 5.84. The molecule has 108 valence electrons. The molecule has 2 atom stereocenters. The molecule has 1 aromatic carbocycles. The number of amides is 1. The van der Waals surface area contributed by atoms with Crippen LogP contribution in [0.4, 0.5) is 4.39 Å². The number of halogens is 1. The van der Waals surface area contributed by atoms with Gasteiger partial charge in [-0.15, -0.1) is 0 Å². The van der Waals surface area contributed by atoms with Gasteiger partial charge in [-0.3, -0.25) is 10.1 Å². The third-order valence-electron chi connectivity index (χ3n) is 4.27. The summed E-state index contributed by atoms with van der Waals surface area (Å²) >= 11 is 0. The molecule has 1 amide bonds. The summed E-state index contributed by atoms with van der Waals surface area (Å²) in [6.45, 7) is 2.68. The van der Waals surface area contributed by atoms with E-state index in [1.165, 1.54) is 31.4 Å². The van der Waals surface area contributed by atoms with Gasteiger partial charge < -0.3 is 4.90 Å². The minimum Gasteiger partial charge on any atom is -0.322 e. The van der Waals surface area contributed by atoms with E-state index in [2.05, 4.69) is 5.32 Å². The highest BCUT2D eigenvalue weighted by Crippen LogP contribution is 2.34. The summed E-state index contributed by atoms with van der Waals surface area (Å²) in [5.74, 6) is 0.795. The zero-order valence-electron chi connectivity index (χ0n) is 11.8. The van der Waals surface area contributed by atoms with Gasteiger partial charge in [-0.1, -0.05) is 25.0 Å². The van der Waals surface area contributed by atoms with Crippen LogP contribution in [0, 0.1) is 11.7 Å². The predicted molar refractivity (Wildman–Crippen MR) is 75.4 cm³/mol. The van der Waals surface area contributed by atoms with Gasteiger partial charge in [0.2, 0.25) is 5.91 Å². The molecule has 1 saturated heterocycles. The molecular weight excluding hydrogens is 255 g/mol. The van der Waals surface area contributed by atoms with Crippen LogP contribution < -0.4 is 5.32 Å².